The molecular weight excluding hydrogens is 218 g/mol. The topological polar surface area (TPSA) is 58.6 Å². The molecular formula is C13H15NO3. The average Bonchev–Trinajstić information content (AvgIpc) is 2.29. The van der Waals surface area contributed by atoms with E-state index in [2.05, 4.69) is 5.32 Å². The number of rotatable bonds is 2. The molecule has 2 N–H and O–H groups in total. The molecule has 0 atom stereocenters. The minimum absolute atomic E-state index is 0.678. The number of benzene rings is 1. The van der Waals surface area contributed by atoms with Crippen molar-refractivity contribution in [2.75, 3.05) is 12.4 Å². The zero-order valence-electron chi connectivity index (χ0n) is 9.69. The van der Waals surface area contributed by atoms with Gasteiger partial charge < -0.3 is 9.84 Å². The van der Waals surface area contributed by atoms with Gasteiger partial charge in [0.05, 0.1) is 13.4 Å². The number of anilines is 1. The predicted molar refractivity (Wildman–Crippen MR) is 65.2 cm³/mol. The van der Waals surface area contributed by atoms with Crippen LogP contribution in [0.1, 0.15) is 17.5 Å². The van der Waals surface area contributed by atoms with E-state index in [4.69, 9.17) is 9.84 Å². The van der Waals surface area contributed by atoms with Crippen LogP contribution in [0.4, 0.5) is 10.5 Å². The normalized spacial score (nSPS) is 16.4. The van der Waals surface area contributed by atoms with E-state index in [-0.39, 0.29) is 0 Å². The van der Waals surface area contributed by atoms with Crippen LogP contribution < -0.4 is 5.32 Å². The molecule has 4 nitrogen and oxygen atoms in total. The molecule has 0 saturated heterocycles. The number of carbonyl (C=O) groups is 1. The maximum absolute atomic E-state index is 10.7. The van der Waals surface area contributed by atoms with Crippen LogP contribution in [0.3, 0.4) is 0 Å². The molecule has 17 heavy (non-hydrogen) atoms. The predicted octanol–water partition coefficient (Wildman–Crippen LogP) is 2.80. The van der Waals surface area contributed by atoms with Crippen molar-refractivity contribution in [2.45, 2.75) is 19.3 Å². The third-order valence-electron chi connectivity index (χ3n) is 2.92. The third-order valence-corrected chi connectivity index (χ3v) is 2.92. The number of ether oxygens (including phenoxy) is 1. The van der Waals surface area contributed by atoms with E-state index in [9.17, 15) is 4.79 Å². The summed E-state index contributed by atoms with van der Waals surface area (Å²) in [4.78, 5) is 10.7. The van der Waals surface area contributed by atoms with Crippen LogP contribution in [0.15, 0.2) is 30.0 Å². The molecule has 0 heterocycles. The zero-order valence-corrected chi connectivity index (χ0v) is 9.69. The Hall–Kier alpha value is -1.97. The Balaban J connectivity index is 2.32. The Bertz CT molecular complexity index is 466. The average molecular weight is 233 g/mol. The number of carboxylic acid groups (broad SMARTS) is 1. The van der Waals surface area contributed by atoms with Crippen LogP contribution in [0.25, 0.3) is 0 Å². The summed E-state index contributed by atoms with van der Waals surface area (Å²) in [6.45, 7) is 0. The van der Waals surface area contributed by atoms with E-state index >= 15 is 0 Å². The second-order valence-electron chi connectivity index (χ2n) is 4.06. The number of allylic oxidation sites excluding steroid dienone is 1. The molecule has 0 unspecified atom stereocenters. The first-order valence-corrected chi connectivity index (χ1v) is 5.52. The monoisotopic (exact) mass is 233 g/mol. The Morgan fingerprint density at radius 1 is 1.47 bits per heavy atom. The summed E-state index contributed by atoms with van der Waals surface area (Å²) in [6, 6.07) is 5.73. The van der Waals surface area contributed by atoms with Crippen LogP contribution >= 0.6 is 0 Å². The first kappa shape index (κ1) is 11.5. The van der Waals surface area contributed by atoms with E-state index < -0.39 is 6.09 Å². The molecule has 2 rings (SSSR count). The minimum Gasteiger partial charge on any atom is -0.504 e. The maximum Gasteiger partial charge on any atom is 0.409 e. The fourth-order valence-corrected chi connectivity index (χ4v) is 2.19. The zero-order chi connectivity index (χ0) is 12.3. The van der Waals surface area contributed by atoms with E-state index in [1.54, 1.807) is 19.4 Å². The lowest BCUT2D eigenvalue weighted by atomic mass is 9.87. The molecule has 0 fully saturated rings. The Kier molecular flexibility index (Phi) is 3.32. The Morgan fingerprint density at radius 2 is 2.29 bits per heavy atom. The van der Waals surface area contributed by atoms with Gasteiger partial charge in [0, 0.05) is 5.69 Å². The van der Waals surface area contributed by atoms with Crippen LogP contribution in [-0.2, 0) is 17.6 Å². The van der Waals surface area contributed by atoms with Crippen molar-refractivity contribution in [1.82, 2.24) is 0 Å². The largest absolute Gasteiger partial charge is 0.504 e. The number of methoxy groups -OCH3 is 1. The van der Waals surface area contributed by atoms with Gasteiger partial charge in [-0.3, -0.25) is 5.32 Å². The second-order valence-corrected chi connectivity index (χ2v) is 4.06. The number of nitrogens with one attached hydrogen (secondary N) is 1. The summed E-state index contributed by atoms with van der Waals surface area (Å²) < 4.78 is 5.02. The lowest BCUT2D eigenvalue weighted by Gasteiger charge is -2.21. The minimum atomic E-state index is -1.03. The smallest absolute Gasteiger partial charge is 0.409 e. The highest BCUT2D eigenvalue weighted by Crippen LogP contribution is 2.30. The highest BCUT2D eigenvalue weighted by molar-refractivity contribution is 5.84. The van der Waals surface area contributed by atoms with Crippen molar-refractivity contribution < 1.29 is 14.6 Å². The summed E-state index contributed by atoms with van der Waals surface area (Å²) in [5.41, 5.74) is 4.14. The van der Waals surface area contributed by atoms with Crippen molar-refractivity contribution in [2.24, 2.45) is 0 Å². The summed E-state index contributed by atoms with van der Waals surface area (Å²) >= 11 is 0. The highest BCUT2D eigenvalue weighted by Gasteiger charge is 2.17. The molecule has 0 aromatic heterocycles. The number of aryl methyl sites for hydroxylation is 1. The summed E-state index contributed by atoms with van der Waals surface area (Å²) in [6.07, 6.45) is 3.37. The summed E-state index contributed by atoms with van der Waals surface area (Å²) in [5.74, 6) is 0. The number of hydrogen-bond acceptors (Lipinski definition) is 2. The van der Waals surface area contributed by atoms with Gasteiger partial charge in [0.2, 0.25) is 0 Å². The molecule has 1 aromatic rings. The Labute approximate surface area is 99.9 Å². The van der Waals surface area contributed by atoms with Crippen LogP contribution in [0.5, 0.6) is 0 Å². The summed E-state index contributed by atoms with van der Waals surface area (Å²) in [5, 5.41) is 11.2. The quantitative estimate of drug-likeness (QED) is 0.772. The van der Waals surface area contributed by atoms with E-state index in [0.717, 1.165) is 24.8 Å². The first-order chi connectivity index (χ1) is 8.20. The van der Waals surface area contributed by atoms with Crippen LogP contribution in [0.2, 0.25) is 0 Å². The van der Waals surface area contributed by atoms with Gasteiger partial charge in [0.1, 0.15) is 0 Å². The fourth-order valence-electron chi connectivity index (χ4n) is 2.19. The molecule has 1 aliphatic rings. The molecule has 1 amide bonds. The van der Waals surface area contributed by atoms with E-state index in [1.165, 1.54) is 11.1 Å². The Morgan fingerprint density at radius 3 is 3.00 bits per heavy atom. The van der Waals surface area contributed by atoms with Crippen molar-refractivity contribution in [3.8, 4) is 0 Å². The van der Waals surface area contributed by atoms with E-state index in [0.29, 0.717) is 5.69 Å². The van der Waals surface area contributed by atoms with Crippen LogP contribution in [0, 0.1) is 0 Å². The van der Waals surface area contributed by atoms with Crippen molar-refractivity contribution >= 4 is 11.8 Å². The van der Waals surface area contributed by atoms with Crippen LogP contribution in [-0.4, -0.2) is 18.3 Å². The third kappa shape index (κ3) is 2.58. The number of fused-ring (bicyclic) bond motifs is 1. The lowest BCUT2D eigenvalue weighted by molar-refractivity contribution is 0.209. The first-order valence-electron chi connectivity index (χ1n) is 5.52. The molecule has 1 aromatic carbocycles. The second kappa shape index (κ2) is 4.91. The molecule has 0 aliphatic heterocycles. The molecule has 90 valence electrons. The fraction of sp³-hybridized carbons (Fsp3) is 0.308. The van der Waals surface area contributed by atoms with E-state index in [1.807, 2.05) is 12.1 Å². The van der Waals surface area contributed by atoms with Crippen molar-refractivity contribution in [3.05, 3.63) is 41.2 Å². The van der Waals surface area contributed by atoms with Gasteiger partial charge in [-0.05, 0) is 42.0 Å². The van der Waals surface area contributed by atoms with Crippen molar-refractivity contribution in [3.63, 3.8) is 0 Å². The number of amides is 1. The standard InChI is InChI=1S/C13H15NO3/c1-17-8-9-5-6-10-3-2-4-12(11(10)7-9)14-13(15)16/h2-4,8,14H,5-7H2,1H3,(H,15,16). The molecule has 0 saturated carbocycles. The SMILES string of the molecule is COC=C1CCc2cccc(NC(=O)O)c2C1. The van der Waals surface area contributed by atoms with Gasteiger partial charge in [-0.1, -0.05) is 12.1 Å². The van der Waals surface area contributed by atoms with Gasteiger partial charge in [0.15, 0.2) is 0 Å². The number of hydrogen-bond donors (Lipinski definition) is 2. The molecule has 4 heteroatoms. The van der Waals surface area contributed by atoms with Gasteiger partial charge in [0.25, 0.3) is 0 Å². The molecule has 0 spiro atoms. The molecule has 1 aliphatic carbocycles. The van der Waals surface area contributed by atoms with Gasteiger partial charge in [-0.25, -0.2) is 4.79 Å². The molecule has 0 radical (unpaired) electrons. The lowest BCUT2D eigenvalue weighted by Crippen LogP contribution is -2.13. The highest BCUT2D eigenvalue weighted by atomic mass is 16.5. The van der Waals surface area contributed by atoms with Gasteiger partial charge in [-0.15, -0.1) is 0 Å². The maximum atomic E-state index is 10.7. The van der Waals surface area contributed by atoms with Crippen molar-refractivity contribution in [1.29, 1.82) is 0 Å². The molecule has 0 bridgehead atoms. The summed E-state index contributed by atoms with van der Waals surface area (Å²) in [7, 11) is 1.63. The van der Waals surface area contributed by atoms with Gasteiger partial charge >= 0.3 is 6.09 Å². The van der Waals surface area contributed by atoms with Gasteiger partial charge in [-0.2, -0.15) is 0 Å².